The second-order valence-electron chi connectivity index (χ2n) is 8.56. The monoisotopic (exact) mass is 450 g/mol. The highest BCUT2D eigenvalue weighted by Gasteiger charge is 2.17. The van der Waals surface area contributed by atoms with Crippen LogP contribution in [-0.2, 0) is 11.2 Å². The molecule has 0 aliphatic heterocycles. The number of amides is 1. The first kappa shape index (κ1) is 21.9. The number of hydrogen-bond donors (Lipinski definition) is 2. The molecule has 2 N–H and O–H groups in total. The molecule has 1 amide bonds. The third-order valence-electron chi connectivity index (χ3n) is 5.10. The molecule has 6 nitrogen and oxygen atoms in total. The Morgan fingerprint density at radius 3 is 2.53 bits per heavy atom. The number of benzene rings is 2. The Bertz CT molecular complexity index is 1330. The zero-order valence-electron chi connectivity index (χ0n) is 18.6. The van der Waals surface area contributed by atoms with E-state index in [0.29, 0.717) is 17.7 Å². The van der Waals surface area contributed by atoms with Crippen molar-refractivity contribution in [3.8, 4) is 16.9 Å². The van der Waals surface area contributed by atoms with Gasteiger partial charge in [-0.15, -0.1) is 11.3 Å². The molecule has 4 rings (SSSR count). The predicted octanol–water partition coefficient (Wildman–Crippen LogP) is 5.49. The Labute approximate surface area is 190 Å². The maximum Gasteiger partial charge on any atom is 0.407 e. The zero-order valence-corrected chi connectivity index (χ0v) is 19.4. The van der Waals surface area contributed by atoms with E-state index in [9.17, 15) is 9.59 Å². The minimum atomic E-state index is -0.513. The van der Waals surface area contributed by atoms with Gasteiger partial charge in [-0.3, -0.25) is 4.79 Å². The molecular weight excluding hydrogens is 424 g/mol. The van der Waals surface area contributed by atoms with Gasteiger partial charge in [-0.25, -0.2) is 4.79 Å². The van der Waals surface area contributed by atoms with Crippen molar-refractivity contribution >= 4 is 38.4 Å². The molecule has 0 fully saturated rings. The Balaban J connectivity index is 1.63. The van der Waals surface area contributed by atoms with E-state index in [4.69, 9.17) is 9.47 Å². The number of carbonyl (C=O) groups is 1. The first-order chi connectivity index (χ1) is 15.3. The molecule has 0 saturated heterocycles. The van der Waals surface area contributed by atoms with Crippen molar-refractivity contribution in [2.75, 3.05) is 13.7 Å². The quantitative estimate of drug-likeness (QED) is 0.422. The summed E-state index contributed by atoms with van der Waals surface area (Å²) in [6, 6.07) is 13.9. The van der Waals surface area contributed by atoms with E-state index >= 15 is 0 Å². The van der Waals surface area contributed by atoms with Crippen LogP contribution in [0.1, 0.15) is 26.3 Å². The Morgan fingerprint density at radius 2 is 1.84 bits per heavy atom. The van der Waals surface area contributed by atoms with E-state index in [-0.39, 0.29) is 5.56 Å². The molecule has 0 spiro atoms. The van der Waals surface area contributed by atoms with Gasteiger partial charge in [0.2, 0.25) is 0 Å². The van der Waals surface area contributed by atoms with Gasteiger partial charge in [-0.05, 0) is 61.9 Å². The summed E-state index contributed by atoms with van der Waals surface area (Å²) < 4.78 is 11.6. The topological polar surface area (TPSA) is 80.4 Å². The first-order valence-electron chi connectivity index (χ1n) is 10.4. The number of nitrogens with one attached hydrogen (secondary N) is 2. The number of thiophene rings is 1. The number of methoxy groups -OCH3 is 1. The molecule has 0 bridgehead atoms. The SMILES string of the molecule is COc1ccc2[nH]c(=O)c3sccc3c2c1-c1ccc(CCNC(=O)OC(C)(C)C)cc1. The van der Waals surface area contributed by atoms with Crippen LogP contribution >= 0.6 is 11.3 Å². The molecule has 0 radical (unpaired) electrons. The summed E-state index contributed by atoms with van der Waals surface area (Å²) >= 11 is 1.43. The van der Waals surface area contributed by atoms with E-state index in [2.05, 4.69) is 10.3 Å². The average Bonchev–Trinajstić information content (AvgIpc) is 3.23. The summed E-state index contributed by atoms with van der Waals surface area (Å²) in [5, 5.41) is 6.62. The van der Waals surface area contributed by atoms with Gasteiger partial charge in [0.05, 0.1) is 7.11 Å². The fraction of sp³-hybridized carbons (Fsp3) is 0.280. The Morgan fingerprint density at radius 1 is 1.09 bits per heavy atom. The largest absolute Gasteiger partial charge is 0.496 e. The summed E-state index contributed by atoms with van der Waals surface area (Å²) in [5.41, 5.74) is 3.23. The van der Waals surface area contributed by atoms with Crippen LogP contribution in [0.15, 0.2) is 52.6 Å². The predicted molar refractivity (Wildman–Crippen MR) is 130 cm³/mol. The molecule has 2 aromatic carbocycles. The third-order valence-corrected chi connectivity index (χ3v) is 6.01. The number of hydrogen-bond acceptors (Lipinski definition) is 5. The maximum atomic E-state index is 12.4. The van der Waals surface area contributed by atoms with Gasteiger partial charge in [0.25, 0.3) is 5.56 Å². The van der Waals surface area contributed by atoms with Crippen LogP contribution < -0.4 is 15.6 Å². The summed E-state index contributed by atoms with van der Waals surface area (Å²) in [5.74, 6) is 0.747. The van der Waals surface area contributed by atoms with E-state index in [1.807, 2.05) is 68.6 Å². The lowest BCUT2D eigenvalue weighted by Gasteiger charge is -2.19. The van der Waals surface area contributed by atoms with Gasteiger partial charge < -0.3 is 19.8 Å². The van der Waals surface area contributed by atoms with E-state index in [1.165, 1.54) is 11.3 Å². The molecule has 166 valence electrons. The van der Waals surface area contributed by atoms with Crippen molar-refractivity contribution in [2.45, 2.75) is 32.8 Å². The van der Waals surface area contributed by atoms with Crippen molar-refractivity contribution in [1.29, 1.82) is 0 Å². The van der Waals surface area contributed by atoms with Gasteiger partial charge in [0, 0.05) is 28.4 Å². The number of carbonyl (C=O) groups excluding carboxylic acids is 1. The number of ether oxygens (including phenoxy) is 2. The van der Waals surface area contributed by atoms with Gasteiger partial charge in [0.1, 0.15) is 16.1 Å². The highest BCUT2D eigenvalue weighted by molar-refractivity contribution is 7.17. The second-order valence-corrected chi connectivity index (χ2v) is 9.47. The van der Waals surface area contributed by atoms with Gasteiger partial charge >= 0.3 is 6.09 Å². The van der Waals surface area contributed by atoms with E-state index < -0.39 is 11.7 Å². The van der Waals surface area contributed by atoms with Crippen LogP contribution in [0.3, 0.4) is 0 Å². The van der Waals surface area contributed by atoms with Crippen LogP contribution in [0.25, 0.3) is 32.1 Å². The number of aromatic amines is 1. The Hall–Kier alpha value is -3.32. The lowest BCUT2D eigenvalue weighted by Crippen LogP contribution is -2.33. The standard InChI is InChI=1S/C25H26N2O4S/c1-25(2,3)31-24(29)26-13-11-15-5-7-16(8-6-15)20-19(30-4)10-9-18-21(20)17-12-14-32-22(17)23(28)27-18/h5-10,12,14H,11,13H2,1-4H3,(H,26,29)(H,27,28). The first-order valence-corrected chi connectivity index (χ1v) is 11.3. The fourth-order valence-electron chi connectivity index (χ4n) is 3.75. The molecule has 0 aliphatic rings. The summed E-state index contributed by atoms with van der Waals surface area (Å²) in [7, 11) is 1.65. The highest BCUT2D eigenvalue weighted by Crippen LogP contribution is 2.40. The number of alkyl carbamates (subject to hydrolysis) is 1. The van der Waals surface area contributed by atoms with Crippen molar-refractivity contribution in [3.63, 3.8) is 0 Å². The van der Waals surface area contributed by atoms with Crippen LogP contribution in [0.2, 0.25) is 0 Å². The molecular formula is C25H26N2O4S. The molecule has 7 heteroatoms. The lowest BCUT2D eigenvalue weighted by atomic mass is 9.96. The second kappa shape index (κ2) is 8.67. The molecule has 0 atom stereocenters. The van der Waals surface area contributed by atoms with Crippen molar-refractivity contribution < 1.29 is 14.3 Å². The smallest absolute Gasteiger partial charge is 0.407 e. The maximum absolute atomic E-state index is 12.4. The molecule has 4 aromatic rings. The van der Waals surface area contributed by atoms with Gasteiger partial charge in [-0.1, -0.05) is 24.3 Å². The van der Waals surface area contributed by atoms with Crippen LogP contribution in [0.5, 0.6) is 5.75 Å². The number of aromatic nitrogens is 1. The zero-order chi connectivity index (χ0) is 22.9. The molecule has 0 unspecified atom stereocenters. The molecule has 0 saturated carbocycles. The number of H-pyrrole nitrogens is 1. The van der Waals surface area contributed by atoms with Crippen LogP contribution in [-0.4, -0.2) is 30.3 Å². The summed E-state index contributed by atoms with van der Waals surface area (Å²) in [6.07, 6.45) is 0.275. The van der Waals surface area contributed by atoms with Gasteiger partial charge in [-0.2, -0.15) is 0 Å². The fourth-order valence-corrected chi connectivity index (χ4v) is 4.54. The number of rotatable bonds is 5. The molecule has 0 aliphatic carbocycles. The highest BCUT2D eigenvalue weighted by atomic mass is 32.1. The number of fused-ring (bicyclic) bond motifs is 3. The van der Waals surface area contributed by atoms with Crippen molar-refractivity contribution in [1.82, 2.24) is 10.3 Å². The minimum absolute atomic E-state index is 0.0774. The number of pyridine rings is 1. The third kappa shape index (κ3) is 4.48. The van der Waals surface area contributed by atoms with Crippen molar-refractivity contribution in [2.24, 2.45) is 0 Å². The minimum Gasteiger partial charge on any atom is -0.496 e. The van der Waals surface area contributed by atoms with Crippen molar-refractivity contribution in [3.05, 3.63) is 63.8 Å². The Kier molecular flexibility index (Phi) is 5.93. The van der Waals surface area contributed by atoms with Crippen LogP contribution in [0, 0.1) is 0 Å². The summed E-state index contributed by atoms with van der Waals surface area (Å²) in [6.45, 7) is 6.01. The molecule has 32 heavy (non-hydrogen) atoms. The normalized spacial score (nSPS) is 11.6. The molecule has 2 heterocycles. The van der Waals surface area contributed by atoms with E-state index in [0.717, 1.165) is 38.7 Å². The van der Waals surface area contributed by atoms with E-state index in [1.54, 1.807) is 7.11 Å². The van der Waals surface area contributed by atoms with Crippen LogP contribution in [0.4, 0.5) is 4.79 Å². The molecule has 2 aromatic heterocycles. The lowest BCUT2D eigenvalue weighted by molar-refractivity contribution is 0.0528. The average molecular weight is 451 g/mol. The summed E-state index contributed by atoms with van der Waals surface area (Å²) in [4.78, 5) is 27.2. The van der Waals surface area contributed by atoms with Gasteiger partial charge in [0.15, 0.2) is 0 Å².